The van der Waals surface area contributed by atoms with E-state index in [9.17, 15) is 14.7 Å². The van der Waals surface area contributed by atoms with Crippen molar-refractivity contribution in [1.29, 1.82) is 0 Å². The molecule has 2 aliphatic rings. The van der Waals surface area contributed by atoms with Crippen LogP contribution in [0.5, 0.6) is 0 Å². The van der Waals surface area contributed by atoms with Gasteiger partial charge >= 0.3 is 5.97 Å². The van der Waals surface area contributed by atoms with Crippen LogP contribution < -0.4 is 0 Å². The Balaban J connectivity index is 1.96. The third kappa shape index (κ3) is 3.61. The van der Waals surface area contributed by atoms with Crippen molar-refractivity contribution in [1.82, 2.24) is 5.01 Å². The Hall–Kier alpha value is -1.43. The quantitative estimate of drug-likeness (QED) is 0.779. The highest BCUT2D eigenvalue weighted by molar-refractivity contribution is 6.07. The molecule has 1 aliphatic carbocycles. The van der Waals surface area contributed by atoms with Crippen LogP contribution in [0.3, 0.4) is 0 Å². The summed E-state index contributed by atoms with van der Waals surface area (Å²) in [5.41, 5.74) is 0.724. The molecule has 1 N–H and O–H groups in total. The summed E-state index contributed by atoms with van der Waals surface area (Å²) in [4.78, 5) is 23.9. The van der Waals surface area contributed by atoms with Gasteiger partial charge in [-0.25, -0.2) is 5.01 Å². The van der Waals surface area contributed by atoms with E-state index in [0.29, 0.717) is 13.0 Å². The molecular formula is C15H24N2O4. The minimum absolute atomic E-state index is 0.0947. The van der Waals surface area contributed by atoms with Crippen LogP contribution in [0.15, 0.2) is 5.10 Å². The van der Waals surface area contributed by atoms with Gasteiger partial charge in [-0.1, -0.05) is 12.8 Å². The summed E-state index contributed by atoms with van der Waals surface area (Å²) in [6.45, 7) is 3.92. The zero-order valence-electron chi connectivity index (χ0n) is 12.7. The fourth-order valence-corrected chi connectivity index (χ4v) is 3.07. The number of carbonyl (C=O) groups excluding carboxylic acids is 2. The highest BCUT2D eigenvalue weighted by Crippen LogP contribution is 2.29. The summed E-state index contributed by atoms with van der Waals surface area (Å²) in [5.74, 6) is -0.736. The van der Waals surface area contributed by atoms with Gasteiger partial charge in [0.2, 0.25) is 0 Å². The lowest BCUT2D eigenvalue weighted by Crippen LogP contribution is -2.45. The van der Waals surface area contributed by atoms with Crippen LogP contribution in [-0.4, -0.2) is 46.5 Å². The predicted octanol–water partition coefficient (Wildman–Crippen LogP) is 1.47. The van der Waals surface area contributed by atoms with Crippen molar-refractivity contribution in [2.75, 3.05) is 6.61 Å². The van der Waals surface area contributed by atoms with Crippen LogP contribution >= 0.6 is 0 Å². The molecule has 0 spiro atoms. The van der Waals surface area contributed by atoms with Crippen LogP contribution in [0.2, 0.25) is 0 Å². The van der Waals surface area contributed by atoms with Gasteiger partial charge in [0.05, 0.1) is 24.7 Å². The van der Waals surface area contributed by atoms with Crippen molar-refractivity contribution in [3.05, 3.63) is 0 Å². The largest absolute Gasteiger partial charge is 0.466 e. The average Bonchev–Trinajstić information content (AvgIpc) is 2.73. The molecule has 1 amide bonds. The molecule has 118 valence electrons. The smallest absolute Gasteiger partial charge is 0.305 e. The normalized spacial score (nSPS) is 29.5. The third-order valence-corrected chi connectivity index (χ3v) is 4.24. The molecule has 3 unspecified atom stereocenters. The van der Waals surface area contributed by atoms with Crippen molar-refractivity contribution >= 4 is 17.6 Å². The average molecular weight is 296 g/mol. The third-order valence-electron chi connectivity index (χ3n) is 4.24. The first-order valence-electron chi connectivity index (χ1n) is 7.76. The fraction of sp³-hybridized carbons (Fsp3) is 0.800. The molecule has 0 radical (unpaired) electrons. The molecule has 6 heteroatoms. The highest BCUT2D eigenvalue weighted by atomic mass is 16.5. The standard InChI is InChI=1S/C15H24N2O4/c1-3-21-14(19)9-8-11-10(2)16-17(15(11)20)12-6-4-5-7-13(12)18/h11-13,18H,3-9H2,1-2H3. The lowest BCUT2D eigenvalue weighted by atomic mass is 9.91. The summed E-state index contributed by atoms with van der Waals surface area (Å²) in [7, 11) is 0. The molecule has 1 saturated carbocycles. The van der Waals surface area contributed by atoms with Crippen molar-refractivity contribution in [2.45, 2.75) is 64.5 Å². The van der Waals surface area contributed by atoms with Crippen molar-refractivity contribution < 1.29 is 19.4 Å². The minimum Gasteiger partial charge on any atom is -0.466 e. The molecule has 0 bridgehead atoms. The number of amides is 1. The Morgan fingerprint density at radius 1 is 1.43 bits per heavy atom. The number of aliphatic hydroxyl groups excluding tert-OH is 1. The van der Waals surface area contributed by atoms with Gasteiger partial charge in [0.25, 0.3) is 5.91 Å². The maximum atomic E-state index is 12.5. The second-order valence-electron chi connectivity index (χ2n) is 5.74. The summed E-state index contributed by atoms with van der Waals surface area (Å²) in [6, 6.07) is -0.214. The first kappa shape index (κ1) is 15.9. The number of esters is 1. The van der Waals surface area contributed by atoms with E-state index in [-0.39, 0.29) is 30.3 Å². The minimum atomic E-state index is -0.497. The Labute approximate surface area is 125 Å². The van der Waals surface area contributed by atoms with E-state index < -0.39 is 6.10 Å². The van der Waals surface area contributed by atoms with Gasteiger partial charge in [-0.2, -0.15) is 5.10 Å². The van der Waals surface area contributed by atoms with Crippen LogP contribution in [0.25, 0.3) is 0 Å². The molecule has 1 aliphatic heterocycles. The maximum absolute atomic E-state index is 12.5. The van der Waals surface area contributed by atoms with E-state index in [1.165, 1.54) is 5.01 Å². The van der Waals surface area contributed by atoms with Gasteiger partial charge in [-0.05, 0) is 33.1 Å². The van der Waals surface area contributed by atoms with E-state index >= 15 is 0 Å². The first-order valence-corrected chi connectivity index (χ1v) is 7.76. The van der Waals surface area contributed by atoms with E-state index in [4.69, 9.17) is 4.74 Å². The predicted molar refractivity (Wildman–Crippen MR) is 77.6 cm³/mol. The number of aliphatic hydroxyl groups is 1. The van der Waals surface area contributed by atoms with Crippen LogP contribution in [0.1, 0.15) is 52.4 Å². The van der Waals surface area contributed by atoms with Crippen molar-refractivity contribution in [3.8, 4) is 0 Å². The summed E-state index contributed by atoms with van der Waals surface area (Å²) in [6.07, 6.45) is 3.65. The monoisotopic (exact) mass is 296 g/mol. The van der Waals surface area contributed by atoms with E-state index in [1.54, 1.807) is 6.92 Å². The Morgan fingerprint density at radius 3 is 2.81 bits per heavy atom. The lowest BCUT2D eigenvalue weighted by Gasteiger charge is -2.32. The highest BCUT2D eigenvalue weighted by Gasteiger charge is 2.40. The molecule has 3 atom stereocenters. The number of hydrazone groups is 1. The van der Waals surface area contributed by atoms with Crippen LogP contribution in [-0.2, 0) is 14.3 Å². The zero-order valence-corrected chi connectivity index (χ0v) is 12.7. The van der Waals surface area contributed by atoms with Crippen molar-refractivity contribution in [3.63, 3.8) is 0 Å². The molecule has 0 aromatic rings. The van der Waals surface area contributed by atoms with Gasteiger partial charge in [-0.15, -0.1) is 0 Å². The molecule has 0 aromatic heterocycles. The van der Waals surface area contributed by atoms with Gasteiger partial charge in [0.1, 0.15) is 0 Å². The number of ether oxygens (including phenoxy) is 1. The number of hydrogen-bond acceptors (Lipinski definition) is 5. The van der Waals surface area contributed by atoms with Crippen LogP contribution in [0.4, 0.5) is 0 Å². The molecule has 2 rings (SSSR count). The van der Waals surface area contributed by atoms with E-state index in [2.05, 4.69) is 5.10 Å². The molecular weight excluding hydrogens is 272 g/mol. The Kier molecular flexibility index (Phi) is 5.33. The molecule has 0 aromatic carbocycles. The Bertz CT molecular complexity index is 435. The number of rotatable bonds is 5. The number of carbonyl (C=O) groups is 2. The Morgan fingerprint density at radius 2 is 2.14 bits per heavy atom. The van der Waals surface area contributed by atoms with Gasteiger partial charge in [0, 0.05) is 12.1 Å². The fourth-order valence-electron chi connectivity index (χ4n) is 3.07. The SMILES string of the molecule is CCOC(=O)CCC1C(=O)N(C2CCCCC2O)N=C1C. The summed E-state index contributed by atoms with van der Waals surface area (Å²) in [5, 5.41) is 15.9. The topological polar surface area (TPSA) is 79.2 Å². The van der Waals surface area contributed by atoms with Crippen molar-refractivity contribution in [2.24, 2.45) is 11.0 Å². The van der Waals surface area contributed by atoms with Gasteiger partial charge in [0.15, 0.2) is 0 Å². The summed E-state index contributed by atoms with van der Waals surface area (Å²) < 4.78 is 4.89. The molecule has 21 heavy (non-hydrogen) atoms. The van der Waals surface area contributed by atoms with Crippen LogP contribution in [0, 0.1) is 5.92 Å². The zero-order chi connectivity index (χ0) is 15.4. The lowest BCUT2D eigenvalue weighted by molar-refractivity contribution is -0.143. The maximum Gasteiger partial charge on any atom is 0.305 e. The molecule has 6 nitrogen and oxygen atoms in total. The van der Waals surface area contributed by atoms with Gasteiger partial charge in [-0.3, -0.25) is 9.59 Å². The van der Waals surface area contributed by atoms with Gasteiger partial charge < -0.3 is 9.84 Å². The molecule has 0 saturated heterocycles. The number of nitrogens with zero attached hydrogens (tertiary/aromatic N) is 2. The first-order chi connectivity index (χ1) is 10.0. The second kappa shape index (κ2) is 7.02. The second-order valence-corrected chi connectivity index (χ2v) is 5.74. The molecule has 1 fully saturated rings. The number of hydrogen-bond donors (Lipinski definition) is 1. The molecule has 1 heterocycles. The summed E-state index contributed by atoms with van der Waals surface area (Å²) >= 11 is 0. The van der Waals surface area contributed by atoms with E-state index in [0.717, 1.165) is 31.4 Å². The van der Waals surface area contributed by atoms with E-state index in [1.807, 2.05) is 6.92 Å².